The molecule has 44 heavy (non-hydrogen) atoms. The second-order valence-electron chi connectivity index (χ2n) is 10.7. The Labute approximate surface area is 260 Å². The number of nitrogens with zero attached hydrogens (tertiary/aromatic N) is 1. The Balaban J connectivity index is 1.41. The van der Waals surface area contributed by atoms with Gasteiger partial charge in [0.05, 0.1) is 22.6 Å². The van der Waals surface area contributed by atoms with E-state index in [1.165, 1.54) is 16.4 Å². The number of carbonyl (C=O) groups excluding carboxylic acids is 1. The molecule has 4 aromatic rings. The van der Waals surface area contributed by atoms with E-state index in [1.807, 2.05) is 24.3 Å². The van der Waals surface area contributed by atoms with Crippen molar-refractivity contribution in [3.05, 3.63) is 112 Å². The van der Waals surface area contributed by atoms with Crippen molar-refractivity contribution < 1.29 is 32.2 Å². The normalized spacial score (nSPS) is 17.7. The molecular formula is C33H30ClFN2O6S. The zero-order valence-corrected chi connectivity index (χ0v) is 25.2. The Bertz CT molecular complexity index is 1820. The molecule has 8 rings (SSSR count). The Hall–Kier alpha value is -4.12. The smallest absolute Gasteiger partial charge is 0.244 e. The predicted octanol–water partition coefficient (Wildman–Crippen LogP) is 6.14. The van der Waals surface area contributed by atoms with Crippen LogP contribution in [-0.2, 0) is 27.7 Å². The summed E-state index contributed by atoms with van der Waals surface area (Å²) in [7, 11) is -4.09. The highest BCUT2D eigenvalue weighted by Gasteiger charge is 2.38. The number of hydrogen-bond acceptors (Lipinski definition) is 6. The molecule has 0 aliphatic carbocycles. The Morgan fingerprint density at radius 1 is 0.932 bits per heavy atom. The van der Waals surface area contributed by atoms with Crippen LogP contribution in [0.3, 0.4) is 0 Å². The van der Waals surface area contributed by atoms with Gasteiger partial charge < -0.3 is 19.9 Å². The summed E-state index contributed by atoms with van der Waals surface area (Å²) < 4.78 is 55.3. The molecule has 1 atom stereocenters. The summed E-state index contributed by atoms with van der Waals surface area (Å²) in [6, 6.07) is 20.3. The van der Waals surface area contributed by atoms with Gasteiger partial charge in [0, 0.05) is 19.5 Å². The zero-order chi connectivity index (χ0) is 30.8. The molecular weight excluding hydrogens is 607 g/mol. The number of aromatic hydroxyl groups is 1. The molecule has 0 spiro atoms. The lowest BCUT2D eigenvalue weighted by molar-refractivity contribution is -0.121. The summed E-state index contributed by atoms with van der Waals surface area (Å²) in [5, 5.41) is 13.1. The van der Waals surface area contributed by atoms with Crippen LogP contribution in [0.1, 0.15) is 41.1 Å². The number of sulfonamides is 1. The van der Waals surface area contributed by atoms with Crippen LogP contribution in [0.5, 0.6) is 23.0 Å². The minimum absolute atomic E-state index is 0.0393. The van der Waals surface area contributed by atoms with Crippen LogP contribution in [0, 0.1) is 5.82 Å². The maximum absolute atomic E-state index is 14.0. The van der Waals surface area contributed by atoms with Crippen molar-refractivity contribution in [2.24, 2.45) is 0 Å². The molecule has 0 saturated heterocycles. The van der Waals surface area contributed by atoms with Gasteiger partial charge in [0.15, 0.2) is 11.5 Å². The van der Waals surface area contributed by atoms with E-state index < -0.39 is 21.9 Å². The van der Waals surface area contributed by atoms with E-state index in [-0.39, 0.29) is 40.3 Å². The summed E-state index contributed by atoms with van der Waals surface area (Å²) in [5.74, 6) is 0.528. The highest BCUT2D eigenvalue weighted by Crippen LogP contribution is 2.42. The van der Waals surface area contributed by atoms with Gasteiger partial charge in [-0.05, 0) is 96.1 Å². The Morgan fingerprint density at radius 2 is 1.73 bits per heavy atom. The molecule has 1 unspecified atom stereocenters. The van der Waals surface area contributed by atoms with Crippen LogP contribution >= 0.6 is 11.6 Å². The number of rotatable bonds is 2. The third-order valence-corrected chi connectivity index (χ3v) is 9.95. The van der Waals surface area contributed by atoms with Gasteiger partial charge in [-0.3, -0.25) is 4.79 Å². The van der Waals surface area contributed by atoms with Gasteiger partial charge in [-0.25, -0.2) is 12.8 Å². The molecule has 2 N–H and O–H groups in total. The molecule has 4 aliphatic heterocycles. The van der Waals surface area contributed by atoms with Gasteiger partial charge in [0.25, 0.3) is 0 Å². The molecule has 11 heteroatoms. The first-order valence-electron chi connectivity index (χ1n) is 14.3. The lowest BCUT2D eigenvalue weighted by atomic mass is 9.89. The third-order valence-electron chi connectivity index (χ3n) is 7.80. The quantitative estimate of drug-likeness (QED) is 0.274. The van der Waals surface area contributed by atoms with Crippen molar-refractivity contribution in [1.82, 2.24) is 9.62 Å². The van der Waals surface area contributed by atoms with Gasteiger partial charge in [-0.1, -0.05) is 35.9 Å². The van der Waals surface area contributed by atoms with Crippen LogP contribution in [0.4, 0.5) is 4.39 Å². The average Bonchev–Trinajstić information content (AvgIpc) is 3.02. The van der Waals surface area contributed by atoms with Crippen LogP contribution in [-0.4, -0.2) is 43.4 Å². The minimum atomic E-state index is -4.09. The van der Waals surface area contributed by atoms with E-state index in [2.05, 4.69) is 5.32 Å². The first-order chi connectivity index (χ1) is 21.2. The summed E-state index contributed by atoms with van der Waals surface area (Å²) in [4.78, 5) is 12.3. The number of amides is 1. The van der Waals surface area contributed by atoms with E-state index in [4.69, 9.17) is 21.1 Å². The van der Waals surface area contributed by atoms with Gasteiger partial charge in [0.2, 0.25) is 15.9 Å². The molecule has 8 nitrogen and oxygen atoms in total. The van der Waals surface area contributed by atoms with E-state index in [0.29, 0.717) is 49.5 Å². The summed E-state index contributed by atoms with van der Waals surface area (Å²) in [6.07, 6.45) is 1.76. The summed E-state index contributed by atoms with van der Waals surface area (Å²) >= 11 is 5.97. The van der Waals surface area contributed by atoms with Gasteiger partial charge in [0.1, 0.15) is 17.3 Å². The first-order valence-corrected chi connectivity index (χ1v) is 16.1. The molecule has 4 heterocycles. The summed E-state index contributed by atoms with van der Waals surface area (Å²) in [6.45, 7) is 0.998. The van der Waals surface area contributed by atoms with E-state index in [9.17, 15) is 22.7 Å². The van der Waals surface area contributed by atoms with Crippen molar-refractivity contribution in [3.63, 3.8) is 0 Å². The number of halogens is 2. The van der Waals surface area contributed by atoms with Gasteiger partial charge in [-0.15, -0.1) is 0 Å². The average molecular weight is 637 g/mol. The van der Waals surface area contributed by atoms with Gasteiger partial charge in [-0.2, -0.15) is 4.31 Å². The number of carbonyl (C=O) groups is 1. The van der Waals surface area contributed by atoms with Crippen LogP contribution < -0.4 is 14.8 Å². The number of nitrogens with one attached hydrogen (secondary N) is 1. The van der Waals surface area contributed by atoms with Crippen molar-refractivity contribution in [2.45, 2.75) is 36.6 Å². The van der Waals surface area contributed by atoms with Crippen molar-refractivity contribution >= 4 is 27.5 Å². The molecule has 4 aromatic carbocycles. The predicted molar refractivity (Wildman–Crippen MR) is 163 cm³/mol. The van der Waals surface area contributed by atoms with Crippen molar-refractivity contribution in [2.75, 3.05) is 19.7 Å². The first kappa shape index (κ1) is 29.9. The fraction of sp³-hybridized carbons (Fsp3) is 0.242. The molecule has 0 radical (unpaired) electrons. The molecule has 1 amide bonds. The monoisotopic (exact) mass is 636 g/mol. The van der Waals surface area contributed by atoms with Crippen molar-refractivity contribution in [1.29, 1.82) is 0 Å². The van der Waals surface area contributed by atoms with E-state index in [1.54, 1.807) is 30.3 Å². The SMILES string of the molecule is O=C1CCc2ccc(O)c(c2)Oc2ccc3c(c2)CCN(S(=O)(=O)c2ccc(F)c(Cl)c2)C3c2ccc(cc2)OCCCN1. The maximum Gasteiger partial charge on any atom is 0.244 e. The number of hydrogen-bond donors (Lipinski definition) is 2. The number of aryl methyl sites for hydroxylation is 1. The van der Waals surface area contributed by atoms with Crippen LogP contribution in [0.15, 0.2) is 83.8 Å². The summed E-state index contributed by atoms with van der Waals surface area (Å²) in [5.41, 5.74) is 3.20. The molecule has 4 aliphatic rings. The molecule has 0 fully saturated rings. The zero-order valence-electron chi connectivity index (χ0n) is 23.6. The molecule has 0 aromatic heterocycles. The topological polar surface area (TPSA) is 105 Å². The lowest BCUT2D eigenvalue weighted by Gasteiger charge is -2.37. The second-order valence-corrected chi connectivity index (χ2v) is 13.0. The van der Waals surface area contributed by atoms with Crippen molar-refractivity contribution in [3.8, 4) is 23.0 Å². The number of phenols is 1. The number of ether oxygens (including phenoxy) is 2. The van der Waals surface area contributed by atoms with E-state index >= 15 is 0 Å². The standard InChI is InChI=1S/C33H30ClFN2O6S/c34-28-20-26(9-11-29(28)35)44(40,41)37-16-14-23-19-25-8-10-27(23)33(37)22-4-6-24(7-5-22)42-17-1-15-36-32(39)13-3-21-2-12-30(38)31(18-21)43-25/h2,4-12,18-20,33,38H,1,3,13-17H2,(H,36,39). The van der Waals surface area contributed by atoms with E-state index in [0.717, 1.165) is 28.8 Å². The van der Waals surface area contributed by atoms with Crippen LogP contribution in [0.2, 0.25) is 5.02 Å². The lowest BCUT2D eigenvalue weighted by Crippen LogP contribution is -2.40. The number of phenolic OH excluding ortho intramolecular Hbond substituents is 1. The highest BCUT2D eigenvalue weighted by molar-refractivity contribution is 7.89. The van der Waals surface area contributed by atoms with Crippen LogP contribution in [0.25, 0.3) is 0 Å². The highest BCUT2D eigenvalue weighted by atomic mass is 35.5. The number of fused-ring (bicyclic) bond motifs is 1. The Kier molecular flexibility index (Phi) is 8.48. The fourth-order valence-corrected chi connectivity index (χ4v) is 7.39. The van der Waals surface area contributed by atoms with Gasteiger partial charge >= 0.3 is 0 Å². The third kappa shape index (κ3) is 6.24. The number of benzene rings is 4. The largest absolute Gasteiger partial charge is 0.504 e. The molecule has 228 valence electrons. The maximum atomic E-state index is 14.0. The minimum Gasteiger partial charge on any atom is -0.504 e. The fourth-order valence-electron chi connectivity index (χ4n) is 5.53. The Morgan fingerprint density at radius 3 is 2.52 bits per heavy atom. The molecule has 0 saturated carbocycles. The molecule has 8 bridgehead atoms. The second kappa shape index (κ2) is 12.5.